The Morgan fingerprint density at radius 2 is 2.05 bits per heavy atom. The van der Waals surface area contributed by atoms with Crippen LogP contribution in [0.25, 0.3) is 0 Å². The number of amides is 1. The largest absolute Gasteiger partial charge is 0.469 e. The molecule has 0 saturated carbocycles. The van der Waals surface area contributed by atoms with E-state index in [0.29, 0.717) is 25.6 Å². The number of methoxy groups -OCH3 is 2. The first-order chi connectivity index (χ1) is 10.0. The van der Waals surface area contributed by atoms with E-state index in [4.69, 9.17) is 9.15 Å². The number of rotatable bonds is 9. The number of aromatic nitrogens is 2. The molecule has 0 bridgehead atoms. The summed E-state index contributed by atoms with van der Waals surface area (Å²) in [5.41, 5.74) is 0. The fraction of sp³-hybridized carbons (Fsp3) is 0.667. The van der Waals surface area contributed by atoms with Crippen LogP contribution in [-0.2, 0) is 19.1 Å². The van der Waals surface area contributed by atoms with Gasteiger partial charge in [0, 0.05) is 27.1 Å². The fourth-order valence-electron chi connectivity index (χ4n) is 1.55. The first-order valence-corrected chi connectivity index (χ1v) is 6.43. The van der Waals surface area contributed by atoms with Crippen LogP contribution in [0.4, 0.5) is 6.01 Å². The van der Waals surface area contributed by atoms with Crippen molar-refractivity contribution in [2.75, 3.05) is 45.8 Å². The molecule has 0 unspecified atom stereocenters. The standard InChI is InChI=1S/C12H20N4O5/c1-9-14-15-12(21-9)13-10(17)8-16(6-7-19-2)5-4-11(18)20-3/h4-8H2,1-3H3,(H,13,15,17). The van der Waals surface area contributed by atoms with E-state index < -0.39 is 0 Å². The molecule has 1 aromatic rings. The molecule has 0 fully saturated rings. The summed E-state index contributed by atoms with van der Waals surface area (Å²) in [5, 5.41) is 9.78. The topological polar surface area (TPSA) is 107 Å². The van der Waals surface area contributed by atoms with Gasteiger partial charge in [-0.25, -0.2) is 0 Å². The van der Waals surface area contributed by atoms with Crippen molar-refractivity contribution in [2.24, 2.45) is 0 Å². The molecule has 0 aromatic carbocycles. The summed E-state index contributed by atoms with van der Waals surface area (Å²) in [6.45, 7) is 3.08. The lowest BCUT2D eigenvalue weighted by molar-refractivity contribution is -0.141. The zero-order valence-corrected chi connectivity index (χ0v) is 12.4. The summed E-state index contributed by atoms with van der Waals surface area (Å²) in [4.78, 5) is 24.8. The molecule has 0 aliphatic rings. The normalized spacial score (nSPS) is 10.7. The van der Waals surface area contributed by atoms with Gasteiger partial charge in [-0.1, -0.05) is 5.10 Å². The predicted octanol–water partition coefficient (Wildman–Crippen LogP) is -0.172. The van der Waals surface area contributed by atoms with Gasteiger partial charge in [-0.15, -0.1) is 5.10 Å². The minimum Gasteiger partial charge on any atom is -0.469 e. The number of hydrogen-bond acceptors (Lipinski definition) is 8. The lowest BCUT2D eigenvalue weighted by atomic mass is 10.3. The summed E-state index contributed by atoms with van der Waals surface area (Å²) in [6, 6.07) is 0.0529. The molecule has 1 aromatic heterocycles. The summed E-state index contributed by atoms with van der Waals surface area (Å²) < 4.78 is 14.6. The molecule has 0 saturated heterocycles. The number of aryl methyl sites for hydroxylation is 1. The minimum absolute atomic E-state index is 0.0529. The number of ether oxygens (including phenoxy) is 2. The van der Waals surface area contributed by atoms with Crippen molar-refractivity contribution < 1.29 is 23.5 Å². The molecule has 9 nitrogen and oxygen atoms in total. The van der Waals surface area contributed by atoms with E-state index in [1.54, 1.807) is 18.9 Å². The Bertz CT molecular complexity index is 462. The summed E-state index contributed by atoms with van der Waals surface area (Å²) in [7, 11) is 2.90. The smallest absolute Gasteiger partial charge is 0.322 e. The number of esters is 1. The van der Waals surface area contributed by atoms with Crippen molar-refractivity contribution in [2.45, 2.75) is 13.3 Å². The van der Waals surface area contributed by atoms with E-state index in [9.17, 15) is 9.59 Å². The number of carbonyl (C=O) groups is 2. The number of nitrogens with zero attached hydrogens (tertiary/aromatic N) is 3. The molecule has 1 rings (SSSR count). The number of carbonyl (C=O) groups excluding carboxylic acids is 2. The van der Waals surface area contributed by atoms with Gasteiger partial charge >= 0.3 is 12.0 Å². The highest BCUT2D eigenvalue weighted by Crippen LogP contribution is 2.04. The van der Waals surface area contributed by atoms with Crippen molar-refractivity contribution in [3.8, 4) is 0 Å². The SMILES string of the molecule is COCCN(CCC(=O)OC)CC(=O)Nc1nnc(C)o1. The van der Waals surface area contributed by atoms with E-state index in [1.165, 1.54) is 7.11 Å². The molecule has 9 heteroatoms. The van der Waals surface area contributed by atoms with E-state index in [0.717, 1.165) is 0 Å². The lowest BCUT2D eigenvalue weighted by Crippen LogP contribution is -2.37. The highest BCUT2D eigenvalue weighted by atomic mass is 16.5. The van der Waals surface area contributed by atoms with E-state index >= 15 is 0 Å². The average molecular weight is 300 g/mol. The molecule has 0 aliphatic carbocycles. The highest BCUT2D eigenvalue weighted by molar-refractivity contribution is 5.90. The van der Waals surface area contributed by atoms with Crippen LogP contribution >= 0.6 is 0 Å². The fourth-order valence-corrected chi connectivity index (χ4v) is 1.55. The third-order valence-electron chi connectivity index (χ3n) is 2.61. The molecule has 118 valence electrons. The lowest BCUT2D eigenvalue weighted by Gasteiger charge is -2.20. The third kappa shape index (κ3) is 6.82. The van der Waals surface area contributed by atoms with Crippen LogP contribution in [-0.4, -0.2) is 67.4 Å². The van der Waals surface area contributed by atoms with Crippen LogP contribution < -0.4 is 5.32 Å². The van der Waals surface area contributed by atoms with Crippen molar-refractivity contribution in [3.05, 3.63) is 5.89 Å². The van der Waals surface area contributed by atoms with Crippen LogP contribution in [0, 0.1) is 6.92 Å². The summed E-state index contributed by atoms with van der Waals surface area (Å²) in [6.07, 6.45) is 0.202. The predicted molar refractivity (Wildman–Crippen MR) is 72.6 cm³/mol. The van der Waals surface area contributed by atoms with Gasteiger partial charge in [-0.3, -0.25) is 19.8 Å². The van der Waals surface area contributed by atoms with E-state index in [1.807, 2.05) is 0 Å². The third-order valence-corrected chi connectivity index (χ3v) is 2.61. The second-order valence-electron chi connectivity index (χ2n) is 4.27. The number of anilines is 1. The number of hydrogen-bond donors (Lipinski definition) is 1. The number of nitrogens with one attached hydrogen (secondary N) is 1. The molecule has 0 spiro atoms. The zero-order valence-electron chi connectivity index (χ0n) is 12.4. The maximum atomic E-state index is 11.9. The van der Waals surface area contributed by atoms with Crippen molar-refractivity contribution >= 4 is 17.9 Å². The van der Waals surface area contributed by atoms with Gasteiger partial charge in [0.05, 0.1) is 26.7 Å². The van der Waals surface area contributed by atoms with E-state index in [2.05, 4.69) is 20.3 Å². The van der Waals surface area contributed by atoms with E-state index in [-0.39, 0.29) is 30.9 Å². The molecule has 1 N–H and O–H groups in total. The Kier molecular flexibility index (Phi) is 7.33. The summed E-state index contributed by atoms with van der Waals surface area (Å²) >= 11 is 0. The van der Waals surface area contributed by atoms with Gasteiger partial charge in [-0.05, 0) is 0 Å². The Balaban J connectivity index is 2.45. The molecule has 0 atom stereocenters. The monoisotopic (exact) mass is 300 g/mol. The van der Waals surface area contributed by atoms with Crippen LogP contribution in [0.3, 0.4) is 0 Å². The first kappa shape index (κ1) is 17.1. The van der Waals surface area contributed by atoms with Crippen LogP contribution in [0.5, 0.6) is 0 Å². The Hall–Kier alpha value is -2.00. The molecular formula is C12H20N4O5. The Labute approximate surface area is 122 Å². The average Bonchev–Trinajstić information content (AvgIpc) is 2.86. The maximum Gasteiger partial charge on any atom is 0.322 e. The molecule has 1 amide bonds. The van der Waals surface area contributed by atoms with Crippen LogP contribution in [0.1, 0.15) is 12.3 Å². The van der Waals surface area contributed by atoms with Gasteiger partial charge in [0.15, 0.2) is 0 Å². The van der Waals surface area contributed by atoms with Gasteiger partial charge < -0.3 is 13.9 Å². The van der Waals surface area contributed by atoms with Crippen molar-refractivity contribution in [1.82, 2.24) is 15.1 Å². The molecule has 0 aliphatic heterocycles. The Morgan fingerprint density at radius 1 is 1.29 bits per heavy atom. The second-order valence-corrected chi connectivity index (χ2v) is 4.27. The van der Waals surface area contributed by atoms with Crippen LogP contribution in [0.2, 0.25) is 0 Å². The highest BCUT2D eigenvalue weighted by Gasteiger charge is 2.14. The Morgan fingerprint density at radius 3 is 2.62 bits per heavy atom. The van der Waals surface area contributed by atoms with Crippen molar-refractivity contribution in [1.29, 1.82) is 0 Å². The quantitative estimate of drug-likeness (QED) is 0.626. The van der Waals surface area contributed by atoms with Gasteiger partial charge in [-0.2, -0.15) is 0 Å². The zero-order chi connectivity index (χ0) is 15.7. The van der Waals surface area contributed by atoms with Gasteiger partial charge in [0.2, 0.25) is 11.8 Å². The molecule has 1 heterocycles. The molecular weight excluding hydrogens is 280 g/mol. The first-order valence-electron chi connectivity index (χ1n) is 6.43. The van der Waals surface area contributed by atoms with Gasteiger partial charge in [0.1, 0.15) is 0 Å². The minimum atomic E-state index is -0.328. The molecule has 0 radical (unpaired) electrons. The molecule has 21 heavy (non-hydrogen) atoms. The second kappa shape index (κ2) is 9.03. The maximum absolute atomic E-state index is 11.9. The van der Waals surface area contributed by atoms with Crippen LogP contribution in [0.15, 0.2) is 4.42 Å². The van der Waals surface area contributed by atoms with Gasteiger partial charge in [0.25, 0.3) is 0 Å². The summed E-state index contributed by atoms with van der Waals surface area (Å²) in [5.74, 6) is -0.266. The van der Waals surface area contributed by atoms with Crippen molar-refractivity contribution in [3.63, 3.8) is 0 Å².